The van der Waals surface area contributed by atoms with E-state index in [1.807, 2.05) is 0 Å². The molecule has 0 saturated carbocycles. The zero-order valence-electron chi connectivity index (χ0n) is 9.74. The lowest BCUT2D eigenvalue weighted by Crippen LogP contribution is -2.41. The Morgan fingerprint density at radius 1 is 1.53 bits per heavy atom. The Hall–Kier alpha value is -0.700. The Kier molecular flexibility index (Phi) is 4.87. The molecule has 1 unspecified atom stereocenters. The maximum Gasteiger partial charge on any atom is 0.304 e. The van der Waals surface area contributed by atoms with Gasteiger partial charge in [0.2, 0.25) is 0 Å². The topological polar surface area (TPSA) is 98.2 Å². The number of aliphatic carboxylic acids is 1. The molecule has 1 aliphatic rings. The number of hydrogen-bond donors (Lipinski definition) is 2. The van der Waals surface area contributed by atoms with Crippen molar-refractivity contribution in [1.29, 1.82) is 0 Å². The number of carbonyl (C=O) groups is 1. The van der Waals surface area contributed by atoms with Crippen LogP contribution in [-0.4, -0.2) is 66.5 Å². The second-order valence-electron chi connectivity index (χ2n) is 4.17. The standard InChI is InChI=1S/C9H18N2O5S/c1-10(4-3-9(13)14)17(15,16)11-5-2-8(6-11)7-12/h8,12H,2-7H2,1H3,(H,13,14). The van der Waals surface area contributed by atoms with E-state index < -0.39 is 16.2 Å². The second-order valence-corrected chi connectivity index (χ2v) is 6.20. The van der Waals surface area contributed by atoms with Gasteiger partial charge in [0.1, 0.15) is 0 Å². The van der Waals surface area contributed by atoms with Crippen molar-refractivity contribution in [3.05, 3.63) is 0 Å². The maximum absolute atomic E-state index is 12.0. The molecule has 0 bridgehead atoms. The van der Waals surface area contributed by atoms with Gasteiger partial charge in [-0.05, 0) is 12.3 Å². The minimum atomic E-state index is -3.59. The number of aliphatic hydroxyl groups is 1. The molecule has 0 radical (unpaired) electrons. The minimum absolute atomic E-state index is 0.0161. The van der Waals surface area contributed by atoms with Crippen LogP contribution in [0.15, 0.2) is 0 Å². The molecule has 1 saturated heterocycles. The van der Waals surface area contributed by atoms with Gasteiger partial charge in [-0.25, -0.2) is 0 Å². The third-order valence-corrected chi connectivity index (χ3v) is 4.82. The van der Waals surface area contributed by atoms with Gasteiger partial charge in [0.25, 0.3) is 10.2 Å². The molecule has 1 fully saturated rings. The van der Waals surface area contributed by atoms with Crippen LogP contribution < -0.4 is 0 Å². The lowest BCUT2D eigenvalue weighted by molar-refractivity contribution is -0.137. The fourth-order valence-electron chi connectivity index (χ4n) is 1.72. The summed E-state index contributed by atoms with van der Waals surface area (Å²) in [6.45, 7) is 0.615. The van der Waals surface area contributed by atoms with E-state index in [-0.39, 0.29) is 25.5 Å². The molecule has 0 aromatic heterocycles. The molecule has 7 nitrogen and oxygen atoms in total. The third kappa shape index (κ3) is 3.63. The summed E-state index contributed by atoms with van der Waals surface area (Å²) in [4.78, 5) is 10.4. The fourth-order valence-corrected chi connectivity index (χ4v) is 3.17. The number of rotatable bonds is 6. The van der Waals surface area contributed by atoms with Crippen molar-refractivity contribution < 1.29 is 23.4 Å². The van der Waals surface area contributed by atoms with Crippen LogP contribution in [0.3, 0.4) is 0 Å². The van der Waals surface area contributed by atoms with Crippen LogP contribution in [0.5, 0.6) is 0 Å². The number of nitrogens with zero attached hydrogens (tertiary/aromatic N) is 2. The Bertz CT molecular complexity index is 370. The van der Waals surface area contributed by atoms with Crippen LogP contribution in [0.1, 0.15) is 12.8 Å². The molecule has 17 heavy (non-hydrogen) atoms. The minimum Gasteiger partial charge on any atom is -0.481 e. The molecule has 0 aromatic rings. The predicted molar refractivity (Wildman–Crippen MR) is 60.6 cm³/mol. The molecule has 8 heteroatoms. The van der Waals surface area contributed by atoms with Crippen LogP contribution in [0.4, 0.5) is 0 Å². The van der Waals surface area contributed by atoms with E-state index in [0.29, 0.717) is 19.5 Å². The molecular weight excluding hydrogens is 248 g/mol. The average Bonchev–Trinajstić information content (AvgIpc) is 2.74. The highest BCUT2D eigenvalue weighted by Crippen LogP contribution is 2.20. The molecule has 1 atom stereocenters. The summed E-state index contributed by atoms with van der Waals surface area (Å²) in [5.41, 5.74) is 0. The van der Waals surface area contributed by atoms with Gasteiger partial charge in [-0.15, -0.1) is 0 Å². The van der Waals surface area contributed by atoms with E-state index in [2.05, 4.69) is 0 Å². The average molecular weight is 266 g/mol. The highest BCUT2D eigenvalue weighted by Gasteiger charge is 2.33. The van der Waals surface area contributed by atoms with Crippen molar-refractivity contribution in [2.45, 2.75) is 12.8 Å². The molecule has 2 N–H and O–H groups in total. The summed E-state index contributed by atoms with van der Waals surface area (Å²) in [5, 5.41) is 17.5. The summed E-state index contributed by atoms with van der Waals surface area (Å²) in [7, 11) is -2.22. The smallest absolute Gasteiger partial charge is 0.304 e. The van der Waals surface area contributed by atoms with E-state index >= 15 is 0 Å². The molecule has 1 aliphatic heterocycles. The molecule has 0 amide bonds. The zero-order valence-corrected chi connectivity index (χ0v) is 10.6. The van der Waals surface area contributed by atoms with E-state index in [1.54, 1.807) is 0 Å². The van der Waals surface area contributed by atoms with Gasteiger partial charge in [0, 0.05) is 33.3 Å². The van der Waals surface area contributed by atoms with Gasteiger partial charge in [0.15, 0.2) is 0 Å². The fraction of sp³-hybridized carbons (Fsp3) is 0.889. The first-order valence-corrected chi connectivity index (χ1v) is 6.81. The lowest BCUT2D eigenvalue weighted by atomic mass is 10.1. The first-order chi connectivity index (χ1) is 7.87. The van der Waals surface area contributed by atoms with Gasteiger partial charge < -0.3 is 10.2 Å². The summed E-state index contributed by atoms with van der Waals surface area (Å²) >= 11 is 0. The van der Waals surface area contributed by atoms with Crippen molar-refractivity contribution in [2.75, 3.05) is 33.3 Å². The monoisotopic (exact) mass is 266 g/mol. The van der Waals surface area contributed by atoms with Crippen LogP contribution in [0, 0.1) is 5.92 Å². The van der Waals surface area contributed by atoms with Crippen molar-refractivity contribution >= 4 is 16.2 Å². The Morgan fingerprint density at radius 2 is 2.18 bits per heavy atom. The van der Waals surface area contributed by atoms with Gasteiger partial charge >= 0.3 is 5.97 Å². The van der Waals surface area contributed by atoms with E-state index in [1.165, 1.54) is 11.4 Å². The molecule has 0 spiro atoms. The highest BCUT2D eigenvalue weighted by atomic mass is 32.2. The first-order valence-electron chi connectivity index (χ1n) is 5.42. The molecular formula is C9H18N2O5S. The maximum atomic E-state index is 12.0. The first kappa shape index (κ1) is 14.4. The summed E-state index contributed by atoms with van der Waals surface area (Å²) in [6.07, 6.45) is 0.426. The molecule has 1 heterocycles. The summed E-state index contributed by atoms with van der Waals surface area (Å²) < 4.78 is 26.3. The van der Waals surface area contributed by atoms with Gasteiger partial charge in [0.05, 0.1) is 6.42 Å². The van der Waals surface area contributed by atoms with E-state index in [4.69, 9.17) is 10.2 Å². The zero-order chi connectivity index (χ0) is 13.1. The van der Waals surface area contributed by atoms with Crippen LogP contribution in [0.25, 0.3) is 0 Å². The van der Waals surface area contributed by atoms with Crippen molar-refractivity contribution in [3.8, 4) is 0 Å². The quantitative estimate of drug-likeness (QED) is 0.639. The Balaban J connectivity index is 2.58. The Morgan fingerprint density at radius 3 is 2.65 bits per heavy atom. The SMILES string of the molecule is CN(CCC(=O)O)S(=O)(=O)N1CCC(CO)C1. The highest BCUT2D eigenvalue weighted by molar-refractivity contribution is 7.86. The second kappa shape index (κ2) is 5.76. The van der Waals surface area contributed by atoms with Crippen LogP contribution in [-0.2, 0) is 15.0 Å². The molecule has 0 aromatic carbocycles. The van der Waals surface area contributed by atoms with Crippen molar-refractivity contribution in [1.82, 2.24) is 8.61 Å². The number of hydrogen-bond acceptors (Lipinski definition) is 4. The van der Waals surface area contributed by atoms with Gasteiger partial charge in [-0.2, -0.15) is 17.0 Å². The van der Waals surface area contributed by atoms with Crippen molar-refractivity contribution in [3.63, 3.8) is 0 Å². The van der Waals surface area contributed by atoms with Crippen molar-refractivity contribution in [2.24, 2.45) is 5.92 Å². The van der Waals surface area contributed by atoms with Gasteiger partial charge in [-0.3, -0.25) is 4.79 Å². The molecule has 100 valence electrons. The summed E-state index contributed by atoms with van der Waals surface area (Å²) in [5.74, 6) is -1.04. The summed E-state index contributed by atoms with van der Waals surface area (Å²) in [6, 6.07) is 0. The largest absolute Gasteiger partial charge is 0.481 e. The number of aliphatic hydroxyl groups excluding tert-OH is 1. The number of carboxylic acids is 1. The van der Waals surface area contributed by atoms with Crippen LogP contribution >= 0.6 is 0 Å². The Labute approximate surface area is 101 Å². The molecule has 0 aliphatic carbocycles. The normalized spacial score (nSPS) is 22.2. The number of carboxylic acid groups (broad SMARTS) is 1. The predicted octanol–water partition coefficient (Wildman–Crippen LogP) is -1.05. The van der Waals surface area contributed by atoms with E-state index in [9.17, 15) is 13.2 Å². The molecule has 1 rings (SSSR count). The van der Waals surface area contributed by atoms with E-state index in [0.717, 1.165) is 4.31 Å². The third-order valence-electron chi connectivity index (χ3n) is 2.87. The lowest BCUT2D eigenvalue weighted by Gasteiger charge is -2.23. The van der Waals surface area contributed by atoms with Gasteiger partial charge in [-0.1, -0.05) is 0 Å². The van der Waals surface area contributed by atoms with Crippen LogP contribution in [0.2, 0.25) is 0 Å².